The van der Waals surface area contributed by atoms with Gasteiger partial charge in [-0.15, -0.1) is 0 Å². The first-order valence-electron chi connectivity index (χ1n) is 7.50. The molecule has 0 bridgehead atoms. The summed E-state index contributed by atoms with van der Waals surface area (Å²) in [5, 5.41) is 0. The summed E-state index contributed by atoms with van der Waals surface area (Å²) in [5.74, 6) is 0.470. The maximum atomic E-state index is 3.87. The third-order valence-corrected chi connectivity index (χ3v) is 5.20. The van der Waals surface area contributed by atoms with Gasteiger partial charge in [0.1, 0.15) is 0 Å². The molecule has 2 rings (SSSR count). The van der Waals surface area contributed by atoms with E-state index in [-0.39, 0.29) is 0 Å². The highest BCUT2D eigenvalue weighted by Gasteiger charge is 2.17. The zero-order chi connectivity index (χ0) is 14.4. The van der Waals surface area contributed by atoms with E-state index in [9.17, 15) is 0 Å². The third-order valence-electron chi connectivity index (χ3n) is 3.88. The van der Waals surface area contributed by atoms with Crippen molar-refractivity contribution in [1.82, 2.24) is 0 Å². The molecule has 2 unspecified atom stereocenters. The Bertz CT molecular complexity index is 501. The van der Waals surface area contributed by atoms with Crippen LogP contribution in [-0.2, 0) is 6.42 Å². The Balaban J connectivity index is 2.07. The smallest absolute Gasteiger partial charge is 0.0461 e. The largest absolute Gasteiger partial charge is 0.0832 e. The van der Waals surface area contributed by atoms with Gasteiger partial charge in [-0.2, -0.15) is 0 Å². The highest BCUT2D eigenvalue weighted by molar-refractivity contribution is 9.09. The average molecular weight is 331 g/mol. The first kappa shape index (κ1) is 15.3. The van der Waals surface area contributed by atoms with Crippen molar-refractivity contribution in [3.8, 4) is 0 Å². The van der Waals surface area contributed by atoms with E-state index in [0.29, 0.717) is 10.7 Å². The maximum absolute atomic E-state index is 3.87. The molecule has 0 aromatic heterocycles. The first-order valence-corrected chi connectivity index (χ1v) is 8.41. The van der Waals surface area contributed by atoms with Crippen LogP contribution in [0.15, 0.2) is 54.6 Å². The second-order valence-corrected chi connectivity index (χ2v) is 6.43. The van der Waals surface area contributed by atoms with Crippen LogP contribution in [-0.4, -0.2) is 0 Å². The highest BCUT2D eigenvalue weighted by atomic mass is 79.9. The molecule has 0 nitrogen and oxygen atoms in total. The molecule has 0 aliphatic carbocycles. The van der Waals surface area contributed by atoms with E-state index in [2.05, 4.69) is 84.4 Å². The fourth-order valence-corrected chi connectivity index (χ4v) is 3.07. The lowest BCUT2D eigenvalue weighted by atomic mass is 9.93. The van der Waals surface area contributed by atoms with Gasteiger partial charge < -0.3 is 0 Å². The number of unbranched alkanes of at least 4 members (excludes halogenated alkanes) is 1. The van der Waals surface area contributed by atoms with Crippen LogP contribution in [0.4, 0.5) is 0 Å². The number of hydrogen-bond donors (Lipinski definition) is 0. The lowest BCUT2D eigenvalue weighted by molar-refractivity contribution is 0.750. The molecule has 20 heavy (non-hydrogen) atoms. The second-order valence-electron chi connectivity index (χ2n) is 5.45. The molecular formula is C19H23Br. The van der Waals surface area contributed by atoms with Crippen molar-refractivity contribution in [1.29, 1.82) is 0 Å². The molecule has 0 aliphatic heterocycles. The Labute approximate surface area is 131 Å². The first-order chi connectivity index (χ1) is 9.72. The van der Waals surface area contributed by atoms with E-state index in [1.54, 1.807) is 0 Å². The summed E-state index contributed by atoms with van der Waals surface area (Å²) >= 11 is 3.87. The standard InChI is InChI=1S/C19H23Br/c1-3-4-8-16-11-13-18(14-12-16)19(20)15(2)17-9-6-5-7-10-17/h5-7,9-15,19H,3-4,8H2,1-2H3. The number of aryl methyl sites for hydroxylation is 1. The number of hydrogen-bond acceptors (Lipinski definition) is 0. The number of rotatable bonds is 6. The van der Waals surface area contributed by atoms with Gasteiger partial charge in [0.25, 0.3) is 0 Å². The molecule has 0 aliphatic rings. The van der Waals surface area contributed by atoms with Crippen LogP contribution in [0.2, 0.25) is 0 Å². The van der Waals surface area contributed by atoms with Crippen LogP contribution < -0.4 is 0 Å². The van der Waals surface area contributed by atoms with E-state index in [1.807, 2.05) is 0 Å². The Hall–Kier alpha value is -1.08. The molecule has 0 heterocycles. The summed E-state index contributed by atoms with van der Waals surface area (Å²) in [6.07, 6.45) is 3.73. The molecule has 0 fully saturated rings. The molecule has 2 aromatic carbocycles. The van der Waals surface area contributed by atoms with Crippen LogP contribution in [0.1, 0.15) is 54.1 Å². The van der Waals surface area contributed by atoms with E-state index in [0.717, 1.165) is 0 Å². The summed E-state index contributed by atoms with van der Waals surface area (Å²) in [6.45, 7) is 4.52. The number of benzene rings is 2. The van der Waals surface area contributed by atoms with Crippen molar-refractivity contribution in [3.63, 3.8) is 0 Å². The van der Waals surface area contributed by atoms with Crippen molar-refractivity contribution >= 4 is 15.9 Å². The lowest BCUT2D eigenvalue weighted by Gasteiger charge is -2.19. The van der Waals surface area contributed by atoms with Gasteiger partial charge in [0.2, 0.25) is 0 Å². The van der Waals surface area contributed by atoms with E-state index in [4.69, 9.17) is 0 Å². The molecular weight excluding hydrogens is 308 g/mol. The topological polar surface area (TPSA) is 0 Å². The zero-order valence-electron chi connectivity index (χ0n) is 12.4. The fraction of sp³-hybridized carbons (Fsp3) is 0.368. The molecule has 106 valence electrons. The van der Waals surface area contributed by atoms with Gasteiger partial charge in [0, 0.05) is 4.83 Å². The average Bonchev–Trinajstić information content (AvgIpc) is 2.53. The third kappa shape index (κ3) is 3.96. The van der Waals surface area contributed by atoms with Crippen LogP contribution in [0, 0.1) is 0 Å². The summed E-state index contributed by atoms with van der Waals surface area (Å²) in [6, 6.07) is 19.8. The molecule has 0 saturated heterocycles. The molecule has 2 atom stereocenters. The number of alkyl halides is 1. The van der Waals surface area contributed by atoms with Crippen LogP contribution in [0.3, 0.4) is 0 Å². The van der Waals surface area contributed by atoms with E-state index in [1.165, 1.54) is 36.0 Å². The Morgan fingerprint density at radius 3 is 2.15 bits per heavy atom. The monoisotopic (exact) mass is 330 g/mol. The molecule has 0 spiro atoms. The van der Waals surface area contributed by atoms with Crippen molar-refractivity contribution < 1.29 is 0 Å². The molecule has 2 aromatic rings. The summed E-state index contributed by atoms with van der Waals surface area (Å²) in [7, 11) is 0. The van der Waals surface area contributed by atoms with E-state index < -0.39 is 0 Å². The van der Waals surface area contributed by atoms with Crippen molar-refractivity contribution in [2.45, 2.75) is 43.9 Å². The molecule has 0 radical (unpaired) electrons. The van der Waals surface area contributed by atoms with Gasteiger partial charge in [-0.1, -0.05) is 90.8 Å². The fourth-order valence-electron chi connectivity index (χ4n) is 2.46. The van der Waals surface area contributed by atoms with Crippen LogP contribution >= 0.6 is 15.9 Å². The molecule has 0 saturated carbocycles. The van der Waals surface area contributed by atoms with Gasteiger partial charge >= 0.3 is 0 Å². The maximum Gasteiger partial charge on any atom is 0.0461 e. The van der Waals surface area contributed by atoms with Gasteiger partial charge in [0.05, 0.1) is 0 Å². The predicted molar refractivity (Wildman–Crippen MR) is 91.6 cm³/mol. The second kappa shape index (κ2) is 7.64. The molecule has 0 N–H and O–H groups in total. The summed E-state index contributed by atoms with van der Waals surface area (Å²) in [4.78, 5) is 0.366. The highest BCUT2D eigenvalue weighted by Crippen LogP contribution is 2.37. The van der Waals surface area contributed by atoms with Gasteiger partial charge in [-0.25, -0.2) is 0 Å². The number of halogens is 1. The minimum Gasteiger partial charge on any atom is -0.0832 e. The minimum absolute atomic E-state index is 0.366. The lowest BCUT2D eigenvalue weighted by Crippen LogP contribution is -2.02. The SMILES string of the molecule is CCCCc1ccc(C(Br)C(C)c2ccccc2)cc1. The predicted octanol–water partition coefficient (Wildman–Crippen LogP) is 6.27. The molecule has 1 heteroatoms. The van der Waals surface area contributed by atoms with Crippen LogP contribution in [0.5, 0.6) is 0 Å². The summed E-state index contributed by atoms with van der Waals surface area (Å²) < 4.78 is 0. The normalized spacial score (nSPS) is 13.9. The van der Waals surface area contributed by atoms with Crippen LogP contribution in [0.25, 0.3) is 0 Å². The van der Waals surface area contributed by atoms with Crippen molar-refractivity contribution in [2.75, 3.05) is 0 Å². The van der Waals surface area contributed by atoms with Gasteiger partial charge in [0.15, 0.2) is 0 Å². The summed E-state index contributed by atoms with van der Waals surface area (Å²) in [5.41, 5.74) is 4.19. The van der Waals surface area contributed by atoms with E-state index >= 15 is 0 Å². The Kier molecular flexibility index (Phi) is 5.85. The van der Waals surface area contributed by atoms with Gasteiger partial charge in [-0.05, 0) is 35.4 Å². The zero-order valence-corrected chi connectivity index (χ0v) is 13.9. The quantitative estimate of drug-likeness (QED) is 0.547. The Morgan fingerprint density at radius 1 is 0.900 bits per heavy atom. The van der Waals surface area contributed by atoms with Crippen molar-refractivity contribution in [2.24, 2.45) is 0 Å². The van der Waals surface area contributed by atoms with Gasteiger partial charge in [-0.3, -0.25) is 0 Å². The van der Waals surface area contributed by atoms with Crippen molar-refractivity contribution in [3.05, 3.63) is 71.3 Å². The Morgan fingerprint density at radius 2 is 1.55 bits per heavy atom. The minimum atomic E-state index is 0.366. The molecule has 0 amide bonds.